The highest BCUT2D eigenvalue weighted by atomic mass is 35.5. The molecule has 0 radical (unpaired) electrons. The van der Waals surface area contributed by atoms with E-state index in [1.54, 1.807) is 0 Å². The third-order valence-corrected chi connectivity index (χ3v) is 2.37. The first-order valence-electron chi connectivity index (χ1n) is 4.45. The number of rotatable bonds is 4. The molecule has 0 aliphatic heterocycles. The summed E-state index contributed by atoms with van der Waals surface area (Å²) in [5.74, 6) is 0. The van der Waals surface area contributed by atoms with Crippen LogP contribution < -0.4 is 11.5 Å². The Balaban J connectivity index is 2.65. The van der Waals surface area contributed by atoms with E-state index in [-0.39, 0.29) is 6.04 Å². The largest absolute Gasteiger partial charge is 0.330 e. The Morgan fingerprint density at radius 1 is 1.31 bits per heavy atom. The fraction of sp³-hybridized carbons (Fsp3) is 0.400. The molecule has 0 heterocycles. The third-order valence-electron chi connectivity index (χ3n) is 2.02. The van der Waals surface area contributed by atoms with E-state index in [0.717, 1.165) is 23.4 Å². The van der Waals surface area contributed by atoms with E-state index in [0.29, 0.717) is 6.54 Å². The molecule has 0 saturated carbocycles. The lowest BCUT2D eigenvalue weighted by atomic mass is 10.0. The summed E-state index contributed by atoms with van der Waals surface area (Å²) < 4.78 is 0. The smallest absolute Gasteiger partial charge is 0.0453 e. The number of benzene rings is 1. The Morgan fingerprint density at radius 3 is 2.62 bits per heavy atom. The van der Waals surface area contributed by atoms with E-state index in [1.807, 2.05) is 24.3 Å². The van der Waals surface area contributed by atoms with Crippen LogP contribution in [-0.4, -0.2) is 6.54 Å². The summed E-state index contributed by atoms with van der Waals surface area (Å²) in [4.78, 5) is 0. The van der Waals surface area contributed by atoms with Gasteiger partial charge in [0.15, 0.2) is 0 Å². The van der Waals surface area contributed by atoms with Crippen LogP contribution in [0.15, 0.2) is 24.3 Å². The normalized spacial score (nSPS) is 12.8. The molecule has 0 saturated heterocycles. The molecule has 1 rings (SSSR count). The minimum Gasteiger partial charge on any atom is -0.330 e. The first-order chi connectivity index (χ1) is 6.25. The molecule has 0 bridgehead atoms. The summed E-state index contributed by atoms with van der Waals surface area (Å²) >= 11 is 5.99. The van der Waals surface area contributed by atoms with Gasteiger partial charge < -0.3 is 11.5 Å². The van der Waals surface area contributed by atoms with Crippen LogP contribution in [0.2, 0.25) is 5.02 Å². The van der Waals surface area contributed by atoms with Gasteiger partial charge in [0.25, 0.3) is 0 Å². The van der Waals surface area contributed by atoms with Gasteiger partial charge in [0, 0.05) is 11.1 Å². The van der Waals surface area contributed by atoms with E-state index in [9.17, 15) is 0 Å². The zero-order valence-electron chi connectivity index (χ0n) is 7.54. The van der Waals surface area contributed by atoms with Crippen LogP contribution in [0.1, 0.15) is 24.4 Å². The second-order valence-electron chi connectivity index (χ2n) is 3.06. The van der Waals surface area contributed by atoms with Gasteiger partial charge in [-0.3, -0.25) is 0 Å². The van der Waals surface area contributed by atoms with Crippen molar-refractivity contribution in [3.63, 3.8) is 0 Å². The van der Waals surface area contributed by atoms with Gasteiger partial charge in [-0.2, -0.15) is 0 Å². The minimum absolute atomic E-state index is 0.0113. The molecule has 0 aromatic heterocycles. The third kappa shape index (κ3) is 2.99. The second-order valence-corrected chi connectivity index (χ2v) is 3.47. The molecule has 0 amide bonds. The van der Waals surface area contributed by atoms with Crippen molar-refractivity contribution >= 4 is 11.6 Å². The second kappa shape index (κ2) is 5.22. The zero-order valence-corrected chi connectivity index (χ0v) is 8.30. The van der Waals surface area contributed by atoms with E-state index in [1.165, 1.54) is 0 Å². The molecule has 0 spiro atoms. The van der Waals surface area contributed by atoms with Gasteiger partial charge in [0.2, 0.25) is 0 Å². The lowest BCUT2D eigenvalue weighted by molar-refractivity contribution is 0.618. The van der Waals surface area contributed by atoms with E-state index < -0.39 is 0 Å². The Bertz CT molecular complexity index is 263. The van der Waals surface area contributed by atoms with E-state index in [4.69, 9.17) is 23.1 Å². The molecule has 1 aromatic rings. The molecule has 13 heavy (non-hydrogen) atoms. The molecule has 1 atom stereocenters. The van der Waals surface area contributed by atoms with Crippen LogP contribution in [0, 0.1) is 0 Å². The van der Waals surface area contributed by atoms with Crippen molar-refractivity contribution < 1.29 is 0 Å². The fourth-order valence-electron chi connectivity index (χ4n) is 1.27. The van der Waals surface area contributed by atoms with Gasteiger partial charge in [0.05, 0.1) is 0 Å². The van der Waals surface area contributed by atoms with Crippen molar-refractivity contribution in [1.82, 2.24) is 0 Å². The Kier molecular flexibility index (Phi) is 4.22. The quantitative estimate of drug-likeness (QED) is 0.779. The highest BCUT2D eigenvalue weighted by molar-refractivity contribution is 6.31. The predicted molar refractivity (Wildman–Crippen MR) is 56.7 cm³/mol. The molecular weight excluding hydrogens is 184 g/mol. The molecule has 1 aromatic carbocycles. The summed E-state index contributed by atoms with van der Waals surface area (Å²) in [5.41, 5.74) is 12.4. The number of hydrogen-bond acceptors (Lipinski definition) is 2. The van der Waals surface area contributed by atoms with Crippen LogP contribution in [0.3, 0.4) is 0 Å². The van der Waals surface area contributed by atoms with Crippen molar-refractivity contribution in [3.8, 4) is 0 Å². The summed E-state index contributed by atoms with van der Waals surface area (Å²) in [6.07, 6.45) is 1.83. The summed E-state index contributed by atoms with van der Waals surface area (Å²) in [5, 5.41) is 0.743. The van der Waals surface area contributed by atoms with Gasteiger partial charge >= 0.3 is 0 Å². The van der Waals surface area contributed by atoms with Crippen molar-refractivity contribution in [2.45, 2.75) is 18.9 Å². The molecule has 2 nitrogen and oxygen atoms in total. The van der Waals surface area contributed by atoms with Crippen LogP contribution in [0.4, 0.5) is 0 Å². The number of hydrogen-bond donors (Lipinski definition) is 2. The monoisotopic (exact) mass is 198 g/mol. The van der Waals surface area contributed by atoms with Gasteiger partial charge in [-0.05, 0) is 31.0 Å². The summed E-state index contributed by atoms with van der Waals surface area (Å²) in [6, 6.07) is 7.69. The van der Waals surface area contributed by atoms with Gasteiger partial charge in [-0.1, -0.05) is 29.8 Å². The predicted octanol–water partition coefficient (Wildman–Crippen LogP) is 2.08. The first kappa shape index (κ1) is 10.5. The van der Waals surface area contributed by atoms with Crippen LogP contribution in [0.25, 0.3) is 0 Å². The van der Waals surface area contributed by atoms with E-state index in [2.05, 4.69) is 0 Å². The molecule has 0 unspecified atom stereocenters. The molecule has 0 aliphatic carbocycles. The SMILES string of the molecule is NCCC[C@@H](N)c1ccccc1Cl. The molecule has 0 aliphatic rings. The molecule has 0 fully saturated rings. The Morgan fingerprint density at radius 2 is 2.00 bits per heavy atom. The van der Waals surface area contributed by atoms with Crippen LogP contribution in [-0.2, 0) is 0 Å². The lowest BCUT2D eigenvalue weighted by Crippen LogP contribution is -2.12. The van der Waals surface area contributed by atoms with Crippen molar-refractivity contribution in [2.75, 3.05) is 6.54 Å². The van der Waals surface area contributed by atoms with E-state index >= 15 is 0 Å². The minimum atomic E-state index is 0.0113. The Hall–Kier alpha value is -0.570. The Labute approximate surface area is 83.9 Å². The molecule has 3 heteroatoms. The maximum absolute atomic E-state index is 5.99. The van der Waals surface area contributed by atoms with Crippen molar-refractivity contribution in [1.29, 1.82) is 0 Å². The lowest BCUT2D eigenvalue weighted by Gasteiger charge is -2.12. The average Bonchev–Trinajstić information content (AvgIpc) is 2.15. The maximum Gasteiger partial charge on any atom is 0.0453 e. The van der Waals surface area contributed by atoms with Crippen LogP contribution in [0.5, 0.6) is 0 Å². The van der Waals surface area contributed by atoms with Crippen molar-refractivity contribution in [2.24, 2.45) is 11.5 Å². The van der Waals surface area contributed by atoms with Gasteiger partial charge in [0.1, 0.15) is 0 Å². The number of halogens is 1. The fourth-order valence-corrected chi connectivity index (χ4v) is 1.54. The zero-order chi connectivity index (χ0) is 9.68. The average molecular weight is 199 g/mol. The highest BCUT2D eigenvalue weighted by Gasteiger charge is 2.07. The highest BCUT2D eigenvalue weighted by Crippen LogP contribution is 2.23. The van der Waals surface area contributed by atoms with Crippen LogP contribution >= 0.6 is 11.6 Å². The summed E-state index contributed by atoms with van der Waals surface area (Å²) in [7, 11) is 0. The van der Waals surface area contributed by atoms with Gasteiger partial charge in [-0.15, -0.1) is 0 Å². The summed E-state index contributed by atoms with van der Waals surface area (Å²) in [6.45, 7) is 0.679. The maximum atomic E-state index is 5.99. The first-order valence-corrected chi connectivity index (χ1v) is 4.83. The molecular formula is C10H15ClN2. The number of nitrogens with two attached hydrogens (primary N) is 2. The topological polar surface area (TPSA) is 52.0 Å². The van der Waals surface area contributed by atoms with Crippen molar-refractivity contribution in [3.05, 3.63) is 34.9 Å². The van der Waals surface area contributed by atoms with Gasteiger partial charge in [-0.25, -0.2) is 0 Å². The standard InChI is InChI=1S/C10H15ClN2/c11-9-5-2-1-4-8(9)10(13)6-3-7-12/h1-2,4-5,10H,3,6-7,12-13H2/t10-/m1/s1. The molecule has 72 valence electrons. The molecule has 4 N–H and O–H groups in total.